The highest BCUT2D eigenvalue weighted by Gasteiger charge is 2.17. The molecular weight excluding hydrogens is 242 g/mol. The zero-order valence-corrected chi connectivity index (χ0v) is 11.6. The summed E-state index contributed by atoms with van der Waals surface area (Å²) in [6.07, 6.45) is 3.14. The minimum absolute atomic E-state index is 0.0145. The molecule has 2 rings (SSSR count). The fourth-order valence-electron chi connectivity index (χ4n) is 2.05. The monoisotopic (exact) mass is 261 g/mol. The first-order valence-corrected chi connectivity index (χ1v) is 6.21. The van der Waals surface area contributed by atoms with Gasteiger partial charge in [0.25, 0.3) is 0 Å². The Morgan fingerprint density at radius 3 is 2.58 bits per heavy atom. The fourth-order valence-corrected chi connectivity index (χ4v) is 2.05. The molecule has 0 fully saturated rings. The number of nitrogens with zero attached hydrogens (tertiary/aromatic N) is 5. The number of aromatic nitrogens is 5. The Kier molecular flexibility index (Phi) is 3.64. The van der Waals surface area contributed by atoms with Crippen molar-refractivity contribution >= 4 is 11.6 Å². The Balaban J connectivity index is 2.29. The van der Waals surface area contributed by atoms with Gasteiger partial charge < -0.3 is 15.6 Å². The zero-order valence-electron chi connectivity index (χ0n) is 11.6. The second-order valence-corrected chi connectivity index (χ2v) is 4.84. The fraction of sp³-hybridized carbons (Fsp3) is 0.500. The third kappa shape index (κ3) is 2.64. The molecule has 2 heterocycles. The molecule has 2 aromatic rings. The topological polar surface area (TPSA) is 94.5 Å². The van der Waals surface area contributed by atoms with Crippen LogP contribution in [0.15, 0.2) is 12.7 Å². The first-order valence-electron chi connectivity index (χ1n) is 6.21. The van der Waals surface area contributed by atoms with Crippen molar-refractivity contribution in [3.63, 3.8) is 0 Å². The highest BCUT2D eigenvalue weighted by molar-refractivity contribution is 5.57. The molecular formula is C12H19N7. The molecule has 1 unspecified atom stereocenters. The lowest BCUT2D eigenvalue weighted by atomic mass is 10.0. The Labute approximate surface area is 112 Å². The van der Waals surface area contributed by atoms with Crippen LogP contribution in [0, 0.1) is 0 Å². The van der Waals surface area contributed by atoms with E-state index in [4.69, 9.17) is 5.73 Å². The van der Waals surface area contributed by atoms with Gasteiger partial charge in [-0.3, -0.25) is 0 Å². The molecule has 2 aromatic heterocycles. The molecule has 0 bridgehead atoms. The molecule has 3 N–H and O–H groups in total. The van der Waals surface area contributed by atoms with E-state index >= 15 is 0 Å². The van der Waals surface area contributed by atoms with E-state index in [1.165, 1.54) is 6.33 Å². The Morgan fingerprint density at radius 1 is 1.26 bits per heavy atom. The second kappa shape index (κ2) is 5.21. The number of nitrogen functional groups attached to an aromatic ring is 1. The summed E-state index contributed by atoms with van der Waals surface area (Å²) in [7, 11) is 1.91. The summed E-state index contributed by atoms with van der Waals surface area (Å²) < 4.78 is 1.87. The molecule has 0 saturated carbocycles. The van der Waals surface area contributed by atoms with E-state index in [1.807, 2.05) is 18.5 Å². The maximum Gasteiger partial charge on any atom is 0.154 e. The molecule has 0 radical (unpaired) electrons. The van der Waals surface area contributed by atoms with E-state index in [9.17, 15) is 0 Å². The second-order valence-electron chi connectivity index (χ2n) is 4.84. The lowest BCUT2D eigenvalue weighted by molar-refractivity contribution is 0.712. The average Bonchev–Trinajstić information content (AvgIpc) is 2.75. The summed E-state index contributed by atoms with van der Waals surface area (Å²) in [6.45, 7) is 6.13. The summed E-state index contributed by atoms with van der Waals surface area (Å²) in [5.41, 5.74) is 6.85. The van der Waals surface area contributed by atoms with Crippen LogP contribution in [0.4, 0.5) is 11.6 Å². The minimum atomic E-state index is -0.0145. The van der Waals surface area contributed by atoms with Gasteiger partial charge in [-0.2, -0.15) is 0 Å². The van der Waals surface area contributed by atoms with Gasteiger partial charge >= 0.3 is 0 Å². The molecule has 102 valence electrons. The van der Waals surface area contributed by atoms with Gasteiger partial charge in [0.15, 0.2) is 5.82 Å². The lowest BCUT2D eigenvalue weighted by Crippen LogP contribution is -2.15. The van der Waals surface area contributed by atoms with Crippen LogP contribution in [0.2, 0.25) is 0 Å². The maximum atomic E-state index is 5.92. The predicted octanol–water partition coefficient (Wildman–Crippen LogP) is 1.48. The van der Waals surface area contributed by atoms with Crippen molar-refractivity contribution < 1.29 is 0 Å². The number of hydrogen-bond acceptors (Lipinski definition) is 6. The normalized spacial score (nSPS) is 12.7. The number of rotatable bonds is 4. The summed E-state index contributed by atoms with van der Waals surface area (Å²) in [5, 5.41) is 11.3. The van der Waals surface area contributed by atoms with E-state index < -0.39 is 0 Å². The molecule has 19 heavy (non-hydrogen) atoms. The van der Waals surface area contributed by atoms with E-state index in [1.54, 1.807) is 6.33 Å². The minimum Gasteiger partial charge on any atom is -0.383 e. The molecule has 0 saturated heterocycles. The van der Waals surface area contributed by atoms with Crippen molar-refractivity contribution in [1.82, 2.24) is 24.7 Å². The van der Waals surface area contributed by atoms with Gasteiger partial charge in [0, 0.05) is 12.6 Å². The number of aryl methyl sites for hydroxylation is 1. The lowest BCUT2D eigenvalue weighted by Gasteiger charge is -2.18. The highest BCUT2D eigenvalue weighted by atomic mass is 15.3. The van der Waals surface area contributed by atoms with Crippen LogP contribution in [-0.4, -0.2) is 24.7 Å². The van der Waals surface area contributed by atoms with Gasteiger partial charge in [0.05, 0.1) is 6.04 Å². The maximum absolute atomic E-state index is 5.92. The van der Waals surface area contributed by atoms with Gasteiger partial charge in [0.1, 0.15) is 24.3 Å². The van der Waals surface area contributed by atoms with E-state index in [-0.39, 0.29) is 12.0 Å². The van der Waals surface area contributed by atoms with Gasteiger partial charge in [-0.25, -0.2) is 9.97 Å². The molecule has 0 aliphatic rings. The molecule has 0 amide bonds. The third-order valence-corrected chi connectivity index (χ3v) is 2.98. The Hall–Kier alpha value is -2.18. The first-order chi connectivity index (χ1) is 9.00. The van der Waals surface area contributed by atoms with Crippen LogP contribution in [0.5, 0.6) is 0 Å². The van der Waals surface area contributed by atoms with Gasteiger partial charge in [-0.1, -0.05) is 13.8 Å². The van der Waals surface area contributed by atoms with E-state index in [2.05, 4.69) is 39.3 Å². The molecule has 1 atom stereocenters. The Bertz CT molecular complexity index is 561. The van der Waals surface area contributed by atoms with Crippen LogP contribution < -0.4 is 11.1 Å². The number of nitrogens with one attached hydrogen (secondary N) is 1. The molecule has 0 aliphatic carbocycles. The Morgan fingerprint density at radius 2 is 2.00 bits per heavy atom. The predicted molar refractivity (Wildman–Crippen MR) is 73.6 cm³/mol. The summed E-state index contributed by atoms with van der Waals surface area (Å²) >= 11 is 0. The third-order valence-electron chi connectivity index (χ3n) is 2.98. The van der Waals surface area contributed by atoms with Crippen molar-refractivity contribution in [1.29, 1.82) is 0 Å². The van der Waals surface area contributed by atoms with Crippen molar-refractivity contribution in [2.24, 2.45) is 7.05 Å². The summed E-state index contributed by atoms with van der Waals surface area (Å²) in [4.78, 5) is 8.32. The van der Waals surface area contributed by atoms with Crippen LogP contribution >= 0.6 is 0 Å². The van der Waals surface area contributed by atoms with Crippen LogP contribution in [0.1, 0.15) is 44.1 Å². The van der Waals surface area contributed by atoms with Crippen molar-refractivity contribution in [2.75, 3.05) is 11.1 Å². The van der Waals surface area contributed by atoms with E-state index in [0.717, 1.165) is 17.2 Å². The SMILES string of the molecule is CC(C)c1c(N)ncnc1NC(C)c1nncn1C. The van der Waals surface area contributed by atoms with Crippen molar-refractivity contribution in [3.8, 4) is 0 Å². The molecule has 0 aliphatic heterocycles. The van der Waals surface area contributed by atoms with Crippen LogP contribution in [-0.2, 0) is 7.05 Å². The summed E-state index contributed by atoms with van der Waals surface area (Å²) in [6, 6.07) is -0.0145. The molecule has 7 heteroatoms. The van der Waals surface area contributed by atoms with Crippen LogP contribution in [0.3, 0.4) is 0 Å². The van der Waals surface area contributed by atoms with Gasteiger partial charge in [-0.05, 0) is 12.8 Å². The average molecular weight is 261 g/mol. The van der Waals surface area contributed by atoms with Gasteiger partial charge in [0.2, 0.25) is 0 Å². The van der Waals surface area contributed by atoms with Crippen LogP contribution in [0.25, 0.3) is 0 Å². The number of anilines is 2. The highest BCUT2D eigenvalue weighted by Crippen LogP contribution is 2.28. The standard InChI is InChI=1S/C12H19N7/c1-7(2)9-10(13)14-5-15-11(9)17-8(3)12-18-16-6-19(12)4/h5-8H,1-4H3,(H3,13,14,15,17). The van der Waals surface area contributed by atoms with E-state index in [0.29, 0.717) is 5.82 Å². The van der Waals surface area contributed by atoms with Gasteiger partial charge in [-0.15, -0.1) is 10.2 Å². The summed E-state index contributed by atoms with van der Waals surface area (Å²) in [5.74, 6) is 2.35. The molecule has 0 aromatic carbocycles. The number of hydrogen-bond donors (Lipinski definition) is 2. The molecule has 7 nitrogen and oxygen atoms in total. The first kappa shape index (κ1) is 13.3. The smallest absolute Gasteiger partial charge is 0.154 e. The quantitative estimate of drug-likeness (QED) is 0.865. The zero-order chi connectivity index (χ0) is 14.0. The largest absolute Gasteiger partial charge is 0.383 e. The molecule has 0 spiro atoms. The number of nitrogens with two attached hydrogens (primary N) is 1. The van der Waals surface area contributed by atoms with Crippen molar-refractivity contribution in [3.05, 3.63) is 24.0 Å². The van der Waals surface area contributed by atoms with Crippen molar-refractivity contribution in [2.45, 2.75) is 32.7 Å².